The lowest BCUT2D eigenvalue weighted by Crippen LogP contribution is -2.50. The summed E-state index contributed by atoms with van der Waals surface area (Å²) in [4.78, 5) is 18.8. The van der Waals surface area contributed by atoms with Crippen molar-refractivity contribution in [3.05, 3.63) is 48.3 Å². The summed E-state index contributed by atoms with van der Waals surface area (Å²) in [6, 6.07) is 9.96. The summed E-state index contributed by atoms with van der Waals surface area (Å²) in [7, 11) is 4.95. The number of nitrogens with zero attached hydrogens (tertiary/aromatic N) is 2. The summed E-state index contributed by atoms with van der Waals surface area (Å²) < 4.78 is 16.3. The summed E-state index contributed by atoms with van der Waals surface area (Å²) in [5.41, 5.74) is 1.45. The normalized spacial score (nSPS) is 22.2. The number of methoxy groups -OCH3 is 2. The van der Waals surface area contributed by atoms with Gasteiger partial charge in [0.05, 0.1) is 33.0 Å². The van der Waals surface area contributed by atoms with Crippen LogP contribution in [0.5, 0.6) is 11.5 Å². The van der Waals surface area contributed by atoms with Gasteiger partial charge in [0.25, 0.3) is 0 Å². The van der Waals surface area contributed by atoms with Gasteiger partial charge in [-0.15, -0.1) is 0 Å². The molecule has 0 saturated carbocycles. The molecule has 33 heavy (non-hydrogen) atoms. The molecule has 4 N–H and O–H groups in total. The Morgan fingerprint density at radius 1 is 1.18 bits per heavy atom. The van der Waals surface area contributed by atoms with Crippen molar-refractivity contribution < 1.29 is 29.2 Å². The number of rotatable bonds is 10. The Morgan fingerprint density at radius 2 is 1.91 bits per heavy atom. The van der Waals surface area contributed by atoms with Gasteiger partial charge in [0.1, 0.15) is 23.7 Å². The molecule has 2 heterocycles. The number of carbonyl (C=O) groups excluding carboxylic acids is 1. The van der Waals surface area contributed by atoms with E-state index in [1.807, 2.05) is 30.1 Å². The minimum atomic E-state index is -0.888. The maximum atomic E-state index is 12.5. The van der Waals surface area contributed by atoms with Crippen LogP contribution in [-0.4, -0.2) is 91.4 Å². The first kappa shape index (κ1) is 24.7. The fraction of sp³-hybridized carbons (Fsp3) is 0.478. The van der Waals surface area contributed by atoms with Crippen molar-refractivity contribution in [3.63, 3.8) is 0 Å². The number of hydrogen-bond donors (Lipinski definition) is 4. The van der Waals surface area contributed by atoms with E-state index in [-0.39, 0.29) is 13.2 Å². The number of pyridine rings is 1. The SMILES string of the molecule is COc1cc(NC(=O)NCC2OC(CO)C(O)C2N(C)CCc2ccccn2)cc(OC)c1. The van der Waals surface area contributed by atoms with Crippen molar-refractivity contribution in [1.29, 1.82) is 0 Å². The fourth-order valence-electron chi connectivity index (χ4n) is 3.92. The Balaban J connectivity index is 1.59. The number of aliphatic hydroxyl groups is 2. The highest BCUT2D eigenvalue weighted by atomic mass is 16.5. The van der Waals surface area contributed by atoms with E-state index >= 15 is 0 Å². The largest absolute Gasteiger partial charge is 0.497 e. The molecule has 1 saturated heterocycles. The maximum Gasteiger partial charge on any atom is 0.319 e. The van der Waals surface area contributed by atoms with Crippen LogP contribution in [0.1, 0.15) is 5.69 Å². The fourth-order valence-corrected chi connectivity index (χ4v) is 3.92. The summed E-state index contributed by atoms with van der Waals surface area (Å²) in [5, 5.41) is 25.8. The number of carbonyl (C=O) groups is 1. The molecule has 4 atom stereocenters. The van der Waals surface area contributed by atoms with Crippen LogP contribution < -0.4 is 20.1 Å². The van der Waals surface area contributed by atoms with Crippen molar-refractivity contribution in [2.24, 2.45) is 0 Å². The number of anilines is 1. The molecule has 2 amide bonds. The van der Waals surface area contributed by atoms with E-state index in [1.165, 1.54) is 14.2 Å². The van der Waals surface area contributed by atoms with Crippen LogP contribution >= 0.6 is 0 Å². The van der Waals surface area contributed by atoms with Gasteiger partial charge in [-0.05, 0) is 19.2 Å². The molecular weight excluding hydrogens is 428 g/mol. The van der Waals surface area contributed by atoms with Crippen LogP contribution in [0.3, 0.4) is 0 Å². The Kier molecular flexibility index (Phi) is 8.84. The Labute approximate surface area is 193 Å². The van der Waals surface area contributed by atoms with E-state index in [0.717, 1.165) is 5.69 Å². The van der Waals surface area contributed by atoms with Crippen LogP contribution in [0, 0.1) is 0 Å². The van der Waals surface area contributed by atoms with Gasteiger partial charge in [0, 0.05) is 55.3 Å². The van der Waals surface area contributed by atoms with Crippen molar-refractivity contribution in [2.45, 2.75) is 30.8 Å². The first-order valence-electron chi connectivity index (χ1n) is 10.8. The quantitative estimate of drug-likeness (QED) is 0.412. The van der Waals surface area contributed by atoms with E-state index in [4.69, 9.17) is 14.2 Å². The van der Waals surface area contributed by atoms with Gasteiger partial charge in [-0.2, -0.15) is 0 Å². The average Bonchev–Trinajstić information content (AvgIpc) is 3.16. The molecule has 1 aromatic carbocycles. The van der Waals surface area contributed by atoms with Crippen LogP contribution in [0.2, 0.25) is 0 Å². The highest BCUT2D eigenvalue weighted by molar-refractivity contribution is 5.89. The zero-order valence-corrected chi connectivity index (χ0v) is 19.1. The predicted molar refractivity (Wildman–Crippen MR) is 123 cm³/mol. The number of likely N-dealkylation sites (N-methyl/N-ethyl adjacent to an activating group) is 1. The van der Waals surface area contributed by atoms with Gasteiger partial charge in [0.15, 0.2) is 0 Å². The molecule has 10 nitrogen and oxygen atoms in total. The second-order valence-electron chi connectivity index (χ2n) is 7.86. The predicted octanol–water partition coefficient (Wildman–Crippen LogP) is 0.884. The molecule has 0 bridgehead atoms. The van der Waals surface area contributed by atoms with Crippen LogP contribution in [0.4, 0.5) is 10.5 Å². The molecule has 10 heteroatoms. The Morgan fingerprint density at radius 3 is 2.52 bits per heavy atom. The molecule has 0 aliphatic carbocycles. The molecular formula is C23H32N4O6. The van der Waals surface area contributed by atoms with E-state index < -0.39 is 30.4 Å². The monoisotopic (exact) mass is 460 g/mol. The molecule has 1 aliphatic heterocycles. The van der Waals surface area contributed by atoms with Crippen molar-refractivity contribution in [1.82, 2.24) is 15.2 Å². The molecule has 1 fully saturated rings. The molecule has 0 spiro atoms. The topological polar surface area (TPSA) is 125 Å². The van der Waals surface area contributed by atoms with E-state index in [2.05, 4.69) is 15.6 Å². The number of aliphatic hydroxyl groups excluding tert-OH is 2. The number of benzene rings is 1. The summed E-state index contributed by atoms with van der Waals surface area (Å²) in [6.45, 7) is 0.476. The summed E-state index contributed by atoms with van der Waals surface area (Å²) >= 11 is 0. The molecule has 180 valence electrons. The third-order valence-corrected chi connectivity index (χ3v) is 5.67. The number of aromatic nitrogens is 1. The molecule has 3 rings (SSSR count). The first-order chi connectivity index (χ1) is 15.9. The van der Waals surface area contributed by atoms with E-state index in [9.17, 15) is 15.0 Å². The van der Waals surface area contributed by atoms with E-state index in [0.29, 0.717) is 30.2 Å². The smallest absolute Gasteiger partial charge is 0.319 e. The minimum absolute atomic E-state index is 0.152. The van der Waals surface area contributed by atoms with Gasteiger partial charge < -0.3 is 35.1 Å². The highest BCUT2D eigenvalue weighted by Crippen LogP contribution is 2.27. The van der Waals surface area contributed by atoms with Crippen LogP contribution in [0.15, 0.2) is 42.6 Å². The van der Waals surface area contributed by atoms with Crippen molar-refractivity contribution in [3.8, 4) is 11.5 Å². The lowest BCUT2D eigenvalue weighted by Gasteiger charge is -2.30. The number of urea groups is 1. The average molecular weight is 461 g/mol. The van der Waals surface area contributed by atoms with Gasteiger partial charge in [-0.3, -0.25) is 9.88 Å². The standard InChI is InChI=1S/C23H32N4O6/c1-27(9-7-15-6-4-5-8-24-15)21-19(33-20(14-28)22(21)29)13-25-23(30)26-16-10-17(31-2)12-18(11-16)32-3/h4-6,8,10-12,19-22,28-29H,7,9,13-14H2,1-3H3,(H2,25,26,30). The van der Waals surface area contributed by atoms with Crippen molar-refractivity contribution in [2.75, 3.05) is 46.3 Å². The number of nitrogens with one attached hydrogen (secondary N) is 2. The lowest BCUT2D eigenvalue weighted by molar-refractivity contribution is -0.0205. The highest BCUT2D eigenvalue weighted by Gasteiger charge is 2.45. The zero-order chi connectivity index (χ0) is 23.8. The Hall–Kier alpha value is -2.92. The van der Waals surface area contributed by atoms with Crippen molar-refractivity contribution >= 4 is 11.7 Å². The molecule has 4 unspecified atom stereocenters. The van der Waals surface area contributed by atoms with Crippen LogP contribution in [-0.2, 0) is 11.2 Å². The van der Waals surface area contributed by atoms with Crippen LogP contribution in [0.25, 0.3) is 0 Å². The first-order valence-corrected chi connectivity index (χ1v) is 10.8. The second-order valence-corrected chi connectivity index (χ2v) is 7.86. The number of amides is 2. The van der Waals surface area contributed by atoms with Gasteiger partial charge >= 0.3 is 6.03 Å². The third-order valence-electron chi connectivity index (χ3n) is 5.67. The Bertz CT molecular complexity index is 878. The van der Waals surface area contributed by atoms with Gasteiger partial charge in [-0.1, -0.05) is 6.07 Å². The lowest BCUT2D eigenvalue weighted by atomic mass is 10.0. The second kappa shape index (κ2) is 11.8. The maximum absolute atomic E-state index is 12.5. The van der Waals surface area contributed by atoms with Gasteiger partial charge in [0.2, 0.25) is 0 Å². The zero-order valence-electron chi connectivity index (χ0n) is 19.1. The minimum Gasteiger partial charge on any atom is -0.497 e. The number of hydrogen-bond acceptors (Lipinski definition) is 8. The number of ether oxygens (including phenoxy) is 3. The summed E-state index contributed by atoms with van der Waals surface area (Å²) in [6.07, 6.45) is 0.332. The van der Waals surface area contributed by atoms with E-state index in [1.54, 1.807) is 24.4 Å². The molecule has 0 radical (unpaired) electrons. The summed E-state index contributed by atoms with van der Waals surface area (Å²) in [5.74, 6) is 1.10. The molecule has 2 aromatic rings. The third kappa shape index (κ3) is 6.55. The van der Waals surface area contributed by atoms with Gasteiger partial charge in [-0.25, -0.2) is 4.79 Å². The molecule has 1 aromatic heterocycles. The molecule has 1 aliphatic rings.